The van der Waals surface area contributed by atoms with Crippen LogP contribution in [0.4, 0.5) is 5.69 Å². The molecule has 19 heavy (non-hydrogen) atoms. The van der Waals surface area contributed by atoms with Crippen LogP contribution >= 0.6 is 0 Å². The van der Waals surface area contributed by atoms with Crippen LogP contribution in [0.5, 0.6) is 0 Å². The number of benzene rings is 1. The SMILES string of the molecule is CCC(NC(=O)c1cccc(N)c1C)C1CCCN1. The Balaban J connectivity index is 2.08. The molecule has 2 rings (SSSR count). The van der Waals surface area contributed by atoms with Crippen LogP contribution < -0.4 is 16.4 Å². The first-order chi connectivity index (χ1) is 9.13. The van der Waals surface area contributed by atoms with Crippen LogP contribution in [0.3, 0.4) is 0 Å². The van der Waals surface area contributed by atoms with Gasteiger partial charge in [-0.05, 0) is 50.4 Å². The summed E-state index contributed by atoms with van der Waals surface area (Å²) in [5, 5.41) is 6.59. The summed E-state index contributed by atoms with van der Waals surface area (Å²) >= 11 is 0. The molecule has 1 aliphatic heterocycles. The molecule has 1 saturated heterocycles. The molecule has 2 unspecified atom stereocenters. The number of nitrogens with one attached hydrogen (secondary N) is 2. The predicted octanol–water partition coefficient (Wildman–Crippen LogP) is 1.84. The first kappa shape index (κ1) is 13.9. The van der Waals surface area contributed by atoms with E-state index in [0.29, 0.717) is 17.3 Å². The minimum absolute atomic E-state index is 0.0228. The zero-order valence-corrected chi connectivity index (χ0v) is 11.7. The largest absolute Gasteiger partial charge is 0.398 e. The average Bonchev–Trinajstić information content (AvgIpc) is 2.92. The Kier molecular flexibility index (Phi) is 4.43. The molecule has 0 spiro atoms. The Morgan fingerprint density at radius 3 is 3.00 bits per heavy atom. The summed E-state index contributed by atoms with van der Waals surface area (Å²) in [6.45, 7) is 5.05. The fourth-order valence-electron chi connectivity index (χ4n) is 2.69. The number of carbonyl (C=O) groups excluding carboxylic acids is 1. The van der Waals surface area contributed by atoms with Crippen molar-refractivity contribution in [3.05, 3.63) is 29.3 Å². The fourth-order valence-corrected chi connectivity index (χ4v) is 2.69. The van der Waals surface area contributed by atoms with Crippen molar-refractivity contribution in [1.82, 2.24) is 10.6 Å². The molecule has 0 saturated carbocycles. The first-order valence-electron chi connectivity index (χ1n) is 7.02. The molecule has 0 bridgehead atoms. The third kappa shape index (κ3) is 3.07. The molecule has 104 valence electrons. The van der Waals surface area contributed by atoms with Crippen LogP contribution in [0.1, 0.15) is 42.1 Å². The van der Waals surface area contributed by atoms with Gasteiger partial charge < -0.3 is 16.4 Å². The van der Waals surface area contributed by atoms with E-state index in [0.717, 1.165) is 24.9 Å². The van der Waals surface area contributed by atoms with Crippen molar-refractivity contribution in [1.29, 1.82) is 0 Å². The molecule has 4 heteroatoms. The minimum atomic E-state index is -0.0228. The molecule has 1 aromatic rings. The number of hydrogen-bond acceptors (Lipinski definition) is 3. The third-order valence-electron chi connectivity index (χ3n) is 3.96. The lowest BCUT2D eigenvalue weighted by molar-refractivity contribution is 0.0927. The third-order valence-corrected chi connectivity index (χ3v) is 3.96. The lowest BCUT2D eigenvalue weighted by Crippen LogP contribution is -2.47. The maximum Gasteiger partial charge on any atom is 0.251 e. The van der Waals surface area contributed by atoms with Crippen molar-refractivity contribution in [2.24, 2.45) is 0 Å². The van der Waals surface area contributed by atoms with Crippen LogP contribution in [0.15, 0.2) is 18.2 Å². The average molecular weight is 261 g/mol. The molecule has 1 fully saturated rings. The van der Waals surface area contributed by atoms with E-state index in [2.05, 4.69) is 17.6 Å². The topological polar surface area (TPSA) is 67.2 Å². The van der Waals surface area contributed by atoms with Crippen LogP contribution in [0, 0.1) is 6.92 Å². The highest BCUT2D eigenvalue weighted by Crippen LogP contribution is 2.17. The summed E-state index contributed by atoms with van der Waals surface area (Å²) in [6.07, 6.45) is 3.26. The summed E-state index contributed by atoms with van der Waals surface area (Å²) in [5.74, 6) is -0.0228. The quantitative estimate of drug-likeness (QED) is 0.724. The molecule has 1 heterocycles. The highest BCUT2D eigenvalue weighted by atomic mass is 16.1. The van der Waals surface area contributed by atoms with E-state index in [9.17, 15) is 4.79 Å². The van der Waals surface area contributed by atoms with Gasteiger partial charge in [-0.1, -0.05) is 13.0 Å². The number of hydrogen-bond donors (Lipinski definition) is 3. The van der Waals surface area contributed by atoms with Gasteiger partial charge >= 0.3 is 0 Å². The van der Waals surface area contributed by atoms with Crippen molar-refractivity contribution >= 4 is 11.6 Å². The fraction of sp³-hybridized carbons (Fsp3) is 0.533. The van der Waals surface area contributed by atoms with Crippen LogP contribution in [-0.2, 0) is 0 Å². The number of nitrogens with two attached hydrogens (primary N) is 1. The van der Waals surface area contributed by atoms with E-state index in [1.54, 1.807) is 0 Å². The Bertz CT molecular complexity index is 453. The summed E-state index contributed by atoms with van der Waals surface area (Å²) in [5.41, 5.74) is 8.05. The van der Waals surface area contributed by atoms with Crippen molar-refractivity contribution in [3.63, 3.8) is 0 Å². The number of rotatable bonds is 4. The van der Waals surface area contributed by atoms with Gasteiger partial charge in [-0.15, -0.1) is 0 Å². The smallest absolute Gasteiger partial charge is 0.251 e. The van der Waals surface area contributed by atoms with Gasteiger partial charge in [0.2, 0.25) is 0 Å². The van der Waals surface area contributed by atoms with Crippen LogP contribution in [0.25, 0.3) is 0 Å². The molecule has 0 aromatic heterocycles. The molecular formula is C15H23N3O. The Morgan fingerprint density at radius 1 is 1.58 bits per heavy atom. The van der Waals surface area contributed by atoms with E-state index in [-0.39, 0.29) is 11.9 Å². The first-order valence-corrected chi connectivity index (χ1v) is 7.02. The summed E-state index contributed by atoms with van der Waals surface area (Å²) in [4.78, 5) is 12.3. The van der Waals surface area contributed by atoms with Gasteiger partial charge in [0.05, 0.1) is 0 Å². The molecular weight excluding hydrogens is 238 g/mol. The van der Waals surface area contributed by atoms with Crippen molar-refractivity contribution in [2.75, 3.05) is 12.3 Å². The second-order valence-electron chi connectivity index (χ2n) is 5.21. The van der Waals surface area contributed by atoms with E-state index >= 15 is 0 Å². The summed E-state index contributed by atoms with van der Waals surface area (Å²) in [6, 6.07) is 6.06. The second-order valence-corrected chi connectivity index (χ2v) is 5.21. The molecule has 2 atom stereocenters. The zero-order valence-electron chi connectivity index (χ0n) is 11.7. The van der Waals surface area contributed by atoms with Gasteiger partial charge in [0.15, 0.2) is 0 Å². The van der Waals surface area contributed by atoms with E-state index in [1.165, 1.54) is 6.42 Å². The van der Waals surface area contributed by atoms with Gasteiger partial charge in [0.1, 0.15) is 0 Å². The standard InChI is InChI=1S/C15H23N3O/c1-3-13(14-8-5-9-17-14)18-15(19)11-6-4-7-12(16)10(11)2/h4,6-7,13-14,17H,3,5,8-9,16H2,1-2H3,(H,18,19). The van der Waals surface area contributed by atoms with Gasteiger partial charge in [-0.2, -0.15) is 0 Å². The van der Waals surface area contributed by atoms with Crippen LogP contribution in [-0.4, -0.2) is 24.5 Å². The molecule has 1 amide bonds. The second kappa shape index (κ2) is 6.06. The number of carbonyl (C=O) groups is 1. The zero-order chi connectivity index (χ0) is 13.8. The Hall–Kier alpha value is -1.55. The van der Waals surface area contributed by atoms with Crippen molar-refractivity contribution < 1.29 is 4.79 Å². The Morgan fingerprint density at radius 2 is 2.37 bits per heavy atom. The maximum atomic E-state index is 12.3. The van der Waals surface area contributed by atoms with Crippen LogP contribution in [0.2, 0.25) is 0 Å². The van der Waals surface area contributed by atoms with Gasteiger partial charge in [0, 0.05) is 23.3 Å². The molecule has 0 aliphatic carbocycles. The molecule has 1 aromatic carbocycles. The normalized spacial score (nSPS) is 20.2. The molecule has 4 nitrogen and oxygen atoms in total. The van der Waals surface area contributed by atoms with Gasteiger partial charge in [-0.3, -0.25) is 4.79 Å². The molecule has 0 radical (unpaired) electrons. The van der Waals surface area contributed by atoms with Crippen molar-refractivity contribution in [3.8, 4) is 0 Å². The number of nitrogen functional groups attached to an aromatic ring is 1. The van der Waals surface area contributed by atoms with Crippen molar-refractivity contribution in [2.45, 2.75) is 45.2 Å². The summed E-state index contributed by atoms with van der Waals surface area (Å²) in [7, 11) is 0. The predicted molar refractivity (Wildman–Crippen MR) is 78.2 cm³/mol. The monoisotopic (exact) mass is 261 g/mol. The minimum Gasteiger partial charge on any atom is -0.398 e. The summed E-state index contributed by atoms with van der Waals surface area (Å²) < 4.78 is 0. The highest BCUT2D eigenvalue weighted by Gasteiger charge is 2.25. The van der Waals surface area contributed by atoms with Gasteiger partial charge in [0.25, 0.3) is 5.91 Å². The highest BCUT2D eigenvalue weighted by molar-refractivity contribution is 5.97. The number of amides is 1. The van der Waals surface area contributed by atoms with Gasteiger partial charge in [-0.25, -0.2) is 0 Å². The lowest BCUT2D eigenvalue weighted by Gasteiger charge is -2.24. The number of anilines is 1. The molecule has 1 aliphatic rings. The Labute approximate surface area is 114 Å². The maximum absolute atomic E-state index is 12.3. The van der Waals surface area contributed by atoms with E-state index in [4.69, 9.17) is 5.73 Å². The van der Waals surface area contributed by atoms with E-state index < -0.39 is 0 Å². The lowest BCUT2D eigenvalue weighted by atomic mass is 10.0. The van der Waals surface area contributed by atoms with E-state index in [1.807, 2.05) is 25.1 Å². The molecule has 4 N–H and O–H groups in total.